The normalized spacial score (nSPS) is 11.1. The van der Waals surface area contributed by atoms with E-state index in [0.29, 0.717) is 0 Å². The molecule has 1 unspecified atom stereocenters. The summed E-state index contributed by atoms with van der Waals surface area (Å²) >= 11 is 0. The summed E-state index contributed by atoms with van der Waals surface area (Å²) in [6.45, 7) is 10.4. The summed E-state index contributed by atoms with van der Waals surface area (Å²) in [5.41, 5.74) is -0.299. The van der Waals surface area contributed by atoms with Gasteiger partial charge < -0.3 is 14.9 Å². The van der Waals surface area contributed by atoms with Gasteiger partial charge in [-0.15, -0.1) is 0 Å². The van der Waals surface area contributed by atoms with Crippen molar-refractivity contribution in [2.45, 2.75) is 26.3 Å². The van der Waals surface area contributed by atoms with Crippen molar-refractivity contribution in [3.63, 3.8) is 0 Å². The number of nitrogens with zero attached hydrogens (tertiary/aromatic N) is 1. The maximum atomic E-state index is 11.2. The highest BCUT2D eigenvalue weighted by molar-refractivity contribution is 6.11. The van der Waals surface area contributed by atoms with Gasteiger partial charge in [0.25, 0.3) is 0 Å². The second-order valence-electron chi connectivity index (χ2n) is 2.79. The van der Waals surface area contributed by atoms with Crippen LogP contribution in [-0.2, 0) is 19.1 Å². The Bertz CT molecular complexity index is 319. The first-order chi connectivity index (χ1) is 7.56. The molecule has 0 aliphatic carbocycles. The van der Waals surface area contributed by atoms with Gasteiger partial charge in [0.15, 0.2) is 0 Å². The van der Waals surface area contributed by atoms with E-state index in [1.165, 1.54) is 0 Å². The van der Waals surface area contributed by atoms with Crippen molar-refractivity contribution in [2.75, 3.05) is 13.2 Å². The van der Waals surface area contributed by atoms with Crippen molar-refractivity contribution in [3.05, 3.63) is 11.4 Å². The van der Waals surface area contributed by atoms with Gasteiger partial charge in [-0.25, -0.2) is 11.4 Å². The van der Waals surface area contributed by atoms with Crippen LogP contribution < -0.4 is 0 Å². The third kappa shape index (κ3) is 4.55. The van der Waals surface area contributed by atoms with Crippen LogP contribution in [0, 0.1) is 12.0 Å². The molecular weight excluding hydrogens is 212 g/mol. The van der Waals surface area contributed by atoms with E-state index >= 15 is 0 Å². The molecule has 0 aromatic heterocycles. The molecular formula is C10H14N2O4. The van der Waals surface area contributed by atoms with Crippen LogP contribution in [0.25, 0.3) is 4.85 Å². The van der Waals surface area contributed by atoms with Crippen LogP contribution >= 0.6 is 0 Å². The van der Waals surface area contributed by atoms with E-state index in [2.05, 4.69) is 14.3 Å². The summed E-state index contributed by atoms with van der Waals surface area (Å²) in [5.74, 6) is -1.42. The molecule has 1 atom stereocenters. The lowest BCUT2D eigenvalue weighted by Crippen LogP contribution is -2.30. The SMILES string of the molecule is [C-]#[N+]C(C(=N)CC(=O)OCC)C(=O)OCC. The average Bonchev–Trinajstić information content (AvgIpc) is 2.19. The summed E-state index contributed by atoms with van der Waals surface area (Å²) in [7, 11) is 0. The van der Waals surface area contributed by atoms with Gasteiger partial charge in [0.2, 0.25) is 0 Å². The summed E-state index contributed by atoms with van der Waals surface area (Å²) < 4.78 is 9.22. The highest BCUT2D eigenvalue weighted by Crippen LogP contribution is 2.02. The number of hydrogen-bond acceptors (Lipinski definition) is 5. The lowest BCUT2D eigenvalue weighted by atomic mass is 10.1. The Morgan fingerprint density at radius 2 is 1.88 bits per heavy atom. The fourth-order valence-electron chi connectivity index (χ4n) is 0.958. The quantitative estimate of drug-likeness (QED) is 0.413. The monoisotopic (exact) mass is 226 g/mol. The summed E-state index contributed by atoms with van der Waals surface area (Å²) in [5, 5.41) is 7.45. The largest absolute Gasteiger partial charge is 0.466 e. The van der Waals surface area contributed by atoms with Crippen molar-refractivity contribution >= 4 is 17.7 Å². The maximum Gasteiger partial charge on any atom is 0.396 e. The molecule has 0 aliphatic rings. The fraction of sp³-hybridized carbons (Fsp3) is 0.600. The first kappa shape index (κ1) is 14.1. The Morgan fingerprint density at radius 1 is 1.31 bits per heavy atom. The second kappa shape index (κ2) is 7.40. The van der Waals surface area contributed by atoms with Gasteiger partial charge in [0.1, 0.15) is 5.71 Å². The van der Waals surface area contributed by atoms with Crippen LogP contribution in [0.2, 0.25) is 0 Å². The third-order valence-corrected chi connectivity index (χ3v) is 1.61. The van der Waals surface area contributed by atoms with Crippen molar-refractivity contribution in [3.8, 4) is 0 Å². The Balaban J connectivity index is 4.38. The highest BCUT2D eigenvalue weighted by Gasteiger charge is 2.31. The lowest BCUT2D eigenvalue weighted by molar-refractivity contribution is -0.142. The molecule has 0 rings (SSSR count). The molecule has 0 amide bonds. The van der Waals surface area contributed by atoms with Crippen molar-refractivity contribution in [1.82, 2.24) is 0 Å². The first-order valence-corrected chi connectivity index (χ1v) is 4.82. The molecule has 0 saturated carbocycles. The van der Waals surface area contributed by atoms with E-state index in [1.807, 2.05) is 0 Å². The molecule has 0 spiro atoms. The van der Waals surface area contributed by atoms with E-state index < -0.39 is 18.0 Å². The molecule has 16 heavy (non-hydrogen) atoms. The Labute approximate surface area is 93.9 Å². The van der Waals surface area contributed by atoms with Gasteiger partial charge in [-0.05, 0) is 13.8 Å². The van der Waals surface area contributed by atoms with Crippen LogP contribution in [0.15, 0.2) is 0 Å². The van der Waals surface area contributed by atoms with Gasteiger partial charge in [-0.3, -0.25) is 9.64 Å². The number of esters is 2. The summed E-state index contributed by atoms with van der Waals surface area (Å²) in [6, 6.07) is -1.34. The number of nitrogens with one attached hydrogen (secondary N) is 1. The summed E-state index contributed by atoms with van der Waals surface area (Å²) in [6.07, 6.45) is -0.361. The molecule has 88 valence electrons. The van der Waals surface area contributed by atoms with Gasteiger partial charge in [-0.2, -0.15) is 0 Å². The molecule has 0 aliphatic heterocycles. The predicted octanol–water partition coefficient (Wildman–Crippen LogP) is 0.810. The van der Waals surface area contributed by atoms with E-state index in [9.17, 15) is 9.59 Å². The standard InChI is InChI=1S/C10H14N2O4/c1-4-15-8(13)6-7(11)9(12-3)10(14)16-5-2/h9,11H,4-6H2,1-2H3. The van der Waals surface area contributed by atoms with Gasteiger partial charge in [0.05, 0.1) is 19.6 Å². The molecule has 6 nitrogen and oxygen atoms in total. The van der Waals surface area contributed by atoms with E-state index in [4.69, 9.17) is 12.0 Å². The predicted molar refractivity (Wildman–Crippen MR) is 56.0 cm³/mol. The molecule has 6 heteroatoms. The molecule has 0 bridgehead atoms. The highest BCUT2D eigenvalue weighted by atomic mass is 16.5. The average molecular weight is 226 g/mol. The number of rotatable bonds is 6. The number of ether oxygens (including phenoxy) is 2. The Hall–Kier alpha value is -1.90. The van der Waals surface area contributed by atoms with E-state index in [0.717, 1.165) is 0 Å². The minimum atomic E-state index is -1.34. The molecule has 0 aromatic rings. The zero-order valence-electron chi connectivity index (χ0n) is 9.28. The lowest BCUT2D eigenvalue weighted by Gasteiger charge is -2.06. The van der Waals surface area contributed by atoms with Gasteiger partial charge in [-0.1, -0.05) is 0 Å². The smallest absolute Gasteiger partial charge is 0.396 e. The second-order valence-corrected chi connectivity index (χ2v) is 2.79. The zero-order valence-corrected chi connectivity index (χ0v) is 9.28. The topological polar surface area (TPSA) is 80.8 Å². The van der Waals surface area contributed by atoms with Crippen LogP contribution in [0.3, 0.4) is 0 Å². The third-order valence-electron chi connectivity index (χ3n) is 1.61. The van der Waals surface area contributed by atoms with Crippen LogP contribution in [0.5, 0.6) is 0 Å². The van der Waals surface area contributed by atoms with Gasteiger partial charge in [0, 0.05) is 0 Å². The molecule has 1 N–H and O–H groups in total. The minimum absolute atomic E-state index is 0.136. The zero-order chi connectivity index (χ0) is 12.6. The van der Waals surface area contributed by atoms with Crippen LogP contribution in [-0.4, -0.2) is 36.9 Å². The molecule has 0 aromatic carbocycles. The van der Waals surface area contributed by atoms with Crippen molar-refractivity contribution in [2.24, 2.45) is 0 Å². The Morgan fingerprint density at radius 3 is 2.31 bits per heavy atom. The minimum Gasteiger partial charge on any atom is -0.466 e. The maximum absolute atomic E-state index is 11.2. The molecule has 0 saturated heterocycles. The van der Waals surface area contributed by atoms with Crippen molar-refractivity contribution in [1.29, 1.82) is 5.41 Å². The number of hydrogen-bond donors (Lipinski definition) is 1. The van der Waals surface area contributed by atoms with Crippen LogP contribution in [0.1, 0.15) is 20.3 Å². The van der Waals surface area contributed by atoms with Crippen molar-refractivity contribution < 1.29 is 19.1 Å². The number of carbonyl (C=O) groups is 2. The Kier molecular flexibility index (Phi) is 6.52. The number of carbonyl (C=O) groups excluding carboxylic acids is 2. The van der Waals surface area contributed by atoms with Gasteiger partial charge >= 0.3 is 18.0 Å². The fourth-order valence-corrected chi connectivity index (χ4v) is 0.958. The molecule has 0 heterocycles. The first-order valence-electron chi connectivity index (χ1n) is 4.82. The van der Waals surface area contributed by atoms with E-state index in [-0.39, 0.29) is 25.3 Å². The molecule has 0 radical (unpaired) electrons. The molecule has 0 fully saturated rings. The van der Waals surface area contributed by atoms with Crippen LogP contribution in [0.4, 0.5) is 0 Å². The summed E-state index contributed by atoms with van der Waals surface area (Å²) in [4.78, 5) is 25.2. The van der Waals surface area contributed by atoms with E-state index in [1.54, 1.807) is 13.8 Å².